The van der Waals surface area contributed by atoms with Crippen molar-refractivity contribution in [2.75, 3.05) is 18.1 Å². The number of rotatable bonds is 1. The number of hydrogen-bond donors (Lipinski definition) is 1. The maximum atomic E-state index is 10.7. The van der Waals surface area contributed by atoms with Crippen LogP contribution in [0.15, 0.2) is 0 Å². The van der Waals surface area contributed by atoms with Gasteiger partial charge in [-0.1, -0.05) is 0 Å². The SMILES string of the molecule is O=S1(=O)CC2(CC2CO)C1. The van der Waals surface area contributed by atoms with Crippen molar-refractivity contribution in [3.8, 4) is 0 Å². The molecule has 10 heavy (non-hydrogen) atoms. The second kappa shape index (κ2) is 1.56. The van der Waals surface area contributed by atoms with E-state index in [0.717, 1.165) is 6.42 Å². The molecule has 1 saturated heterocycles. The van der Waals surface area contributed by atoms with Gasteiger partial charge < -0.3 is 5.11 Å². The monoisotopic (exact) mass is 162 g/mol. The van der Waals surface area contributed by atoms with E-state index in [1.807, 2.05) is 0 Å². The van der Waals surface area contributed by atoms with Gasteiger partial charge in [-0.05, 0) is 12.3 Å². The Kier molecular flexibility index (Phi) is 1.03. The molecule has 0 aromatic heterocycles. The lowest BCUT2D eigenvalue weighted by Crippen LogP contribution is -2.40. The van der Waals surface area contributed by atoms with E-state index in [9.17, 15) is 8.42 Å². The van der Waals surface area contributed by atoms with Gasteiger partial charge in [-0.3, -0.25) is 0 Å². The molecule has 1 spiro atoms. The molecule has 58 valence electrons. The lowest BCUT2D eigenvalue weighted by molar-refractivity contribution is 0.255. The van der Waals surface area contributed by atoms with Crippen LogP contribution >= 0.6 is 0 Å². The highest BCUT2D eigenvalue weighted by Crippen LogP contribution is 2.59. The molecule has 0 amide bonds. The predicted octanol–water partition coefficient (Wildman–Crippen LogP) is -0.587. The fourth-order valence-electron chi connectivity index (χ4n) is 1.88. The normalized spacial score (nSPS) is 39.1. The van der Waals surface area contributed by atoms with E-state index in [1.165, 1.54) is 0 Å². The van der Waals surface area contributed by atoms with Crippen molar-refractivity contribution in [1.29, 1.82) is 0 Å². The van der Waals surface area contributed by atoms with E-state index in [-0.39, 0.29) is 17.9 Å². The smallest absolute Gasteiger partial charge is 0.151 e. The van der Waals surface area contributed by atoms with Crippen LogP contribution in [-0.4, -0.2) is 31.6 Å². The van der Waals surface area contributed by atoms with Crippen LogP contribution in [0.4, 0.5) is 0 Å². The second-order valence-corrected chi connectivity index (χ2v) is 5.54. The molecule has 1 atom stereocenters. The van der Waals surface area contributed by atoms with Crippen molar-refractivity contribution >= 4 is 9.84 Å². The van der Waals surface area contributed by atoms with E-state index in [1.54, 1.807) is 0 Å². The molecule has 2 aliphatic rings. The van der Waals surface area contributed by atoms with Gasteiger partial charge >= 0.3 is 0 Å². The Balaban J connectivity index is 2.04. The van der Waals surface area contributed by atoms with Crippen molar-refractivity contribution in [3.05, 3.63) is 0 Å². The molecule has 0 radical (unpaired) electrons. The standard InChI is InChI=1S/C6H10O3S/c7-2-5-1-6(5)3-10(8,9)4-6/h5,7H,1-4H2. The molecule has 1 aliphatic heterocycles. The first-order valence-corrected chi connectivity index (χ1v) is 5.21. The molecule has 4 heteroatoms. The maximum Gasteiger partial charge on any atom is 0.151 e. The minimum atomic E-state index is -2.68. The minimum Gasteiger partial charge on any atom is -0.396 e. The lowest BCUT2D eigenvalue weighted by Gasteiger charge is -2.26. The summed E-state index contributed by atoms with van der Waals surface area (Å²) in [6, 6.07) is 0. The predicted molar refractivity (Wildman–Crippen MR) is 36.3 cm³/mol. The van der Waals surface area contributed by atoms with Gasteiger partial charge in [0.25, 0.3) is 0 Å². The first-order valence-electron chi connectivity index (χ1n) is 3.39. The van der Waals surface area contributed by atoms with Crippen LogP contribution in [0.25, 0.3) is 0 Å². The van der Waals surface area contributed by atoms with Gasteiger partial charge in [0.05, 0.1) is 11.5 Å². The summed E-state index contributed by atoms with van der Waals surface area (Å²) in [5, 5.41) is 8.68. The van der Waals surface area contributed by atoms with Crippen LogP contribution in [0.1, 0.15) is 6.42 Å². The number of aliphatic hydroxyl groups is 1. The summed E-state index contributed by atoms with van der Waals surface area (Å²) in [6.07, 6.45) is 0.919. The van der Waals surface area contributed by atoms with Gasteiger partial charge in [0.1, 0.15) is 0 Å². The fourth-order valence-corrected chi connectivity index (χ4v) is 4.25. The Morgan fingerprint density at radius 2 is 2.10 bits per heavy atom. The summed E-state index contributed by atoms with van der Waals surface area (Å²) in [4.78, 5) is 0. The zero-order chi connectivity index (χ0) is 7.41. The second-order valence-electron chi connectivity index (χ2n) is 3.48. The first-order chi connectivity index (χ1) is 4.58. The Bertz CT molecular complexity index is 242. The Morgan fingerprint density at radius 3 is 2.40 bits per heavy atom. The number of hydrogen-bond acceptors (Lipinski definition) is 3. The van der Waals surface area contributed by atoms with Crippen LogP contribution in [-0.2, 0) is 9.84 Å². The molecule has 1 aliphatic carbocycles. The third kappa shape index (κ3) is 0.720. The van der Waals surface area contributed by atoms with Crippen LogP contribution in [0, 0.1) is 11.3 Å². The molecule has 2 fully saturated rings. The van der Waals surface area contributed by atoms with Crippen LogP contribution in [0.2, 0.25) is 0 Å². The molecule has 1 N–H and O–H groups in total. The van der Waals surface area contributed by atoms with Crippen LogP contribution in [0.3, 0.4) is 0 Å². The third-order valence-corrected chi connectivity index (χ3v) is 4.62. The van der Waals surface area contributed by atoms with Crippen molar-refractivity contribution in [2.24, 2.45) is 11.3 Å². The Hall–Kier alpha value is -0.0900. The molecule has 0 aromatic rings. The molecular formula is C6H10O3S. The van der Waals surface area contributed by atoms with Gasteiger partial charge in [0.15, 0.2) is 9.84 Å². The van der Waals surface area contributed by atoms with E-state index in [4.69, 9.17) is 5.11 Å². The highest BCUT2D eigenvalue weighted by Gasteiger charge is 2.64. The summed E-state index contributed by atoms with van der Waals surface area (Å²) < 4.78 is 21.4. The Labute approximate surface area is 60.0 Å². The first kappa shape index (κ1) is 6.61. The van der Waals surface area contributed by atoms with Gasteiger partial charge in [0.2, 0.25) is 0 Å². The summed E-state index contributed by atoms with van der Waals surface area (Å²) in [5.41, 5.74) is 0.0353. The summed E-state index contributed by atoms with van der Waals surface area (Å²) >= 11 is 0. The van der Waals surface area contributed by atoms with E-state index in [0.29, 0.717) is 11.5 Å². The zero-order valence-corrected chi connectivity index (χ0v) is 6.39. The zero-order valence-electron chi connectivity index (χ0n) is 5.58. The molecular weight excluding hydrogens is 152 g/mol. The summed E-state index contributed by atoms with van der Waals surface area (Å²) in [5.74, 6) is 0.937. The Morgan fingerprint density at radius 1 is 1.50 bits per heavy atom. The van der Waals surface area contributed by atoms with Gasteiger partial charge in [-0.15, -0.1) is 0 Å². The number of aliphatic hydroxyl groups excluding tert-OH is 1. The third-order valence-electron chi connectivity index (χ3n) is 2.59. The highest BCUT2D eigenvalue weighted by molar-refractivity contribution is 7.92. The van der Waals surface area contributed by atoms with Crippen LogP contribution < -0.4 is 0 Å². The molecule has 1 heterocycles. The van der Waals surface area contributed by atoms with E-state index >= 15 is 0 Å². The summed E-state index contributed by atoms with van der Waals surface area (Å²) in [7, 11) is -2.68. The minimum absolute atomic E-state index is 0.0353. The van der Waals surface area contributed by atoms with Crippen molar-refractivity contribution in [1.82, 2.24) is 0 Å². The van der Waals surface area contributed by atoms with Crippen LogP contribution in [0.5, 0.6) is 0 Å². The maximum absolute atomic E-state index is 10.7. The average molecular weight is 162 g/mol. The van der Waals surface area contributed by atoms with Gasteiger partial charge in [0, 0.05) is 12.0 Å². The molecule has 0 aromatic carbocycles. The largest absolute Gasteiger partial charge is 0.396 e. The van der Waals surface area contributed by atoms with E-state index < -0.39 is 9.84 Å². The van der Waals surface area contributed by atoms with Crippen molar-refractivity contribution in [3.63, 3.8) is 0 Å². The molecule has 2 rings (SSSR count). The quantitative estimate of drug-likeness (QED) is 0.561. The van der Waals surface area contributed by atoms with Gasteiger partial charge in [-0.2, -0.15) is 0 Å². The molecule has 3 nitrogen and oxygen atoms in total. The van der Waals surface area contributed by atoms with Crippen molar-refractivity contribution < 1.29 is 13.5 Å². The molecule has 1 saturated carbocycles. The number of sulfone groups is 1. The highest BCUT2D eigenvalue weighted by atomic mass is 32.2. The van der Waals surface area contributed by atoms with Gasteiger partial charge in [-0.25, -0.2) is 8.42 Å². The topological polar surface area (TPSA) is 54.4 Å². The van der Waals surface area contributed by atoms with E-state index in [2.05, 4.69) is 0 Å². The summed E-state index contributed by atoms with van der Waals surface area (Å²) in [6.45, 7) is 0.162. The lowest BCUT2D eigenvalue weighted by atomic mass is 10.1. The average Bonchev–Trinajstić information content (AvgIpc) is 2.39. The molecule has 1 unspecified atom stereocenters. The molecule has 0 bridgehead atoms. The van der Waals surface area contributed by atoms with Crippen molar-refractivity contribution in [2.45, 2.75) is 6.42 Å². The fraction of sp³-hybridized carbons (Fsp3) is 1.00.